The van der Waals surface area contributed by atoms with Crippen LogP contribution in [-0.4, -0.2) is 36.3 Å². The van der Waals surface area contributed by atoms with Crippen molar-refractivity contribution >= 4 is 17.3 Å². The van der Waals surface area contributed by atoms with Crippen LogP contribution < -0.4 is 10.2 Å². The van der Waals surface area contributed by atoms with Gasteiger partial charge in [-0.3, -0.25) is 0 Å². The Balaban J connectivity index is 1.62. The molecule has 5 nitrogen and oxygen atoms in total. The second-order valence-electron chi connectivity index (χ2n) is 5.68. The van der Waals surface area contributed by atoms with Gasteiger partial charge in [-0.1, -0.05) is 0 Å². The van der Waals surface area contributed by atoms with Gasteiger partial charge in [-0.25, -0.2) is 9.97 Å². The van der Waals surface area contributed by atoms with Crippen LogP contribution in [0, 0.1) is 6.92 Å². The quantitative estimate of drug-likeness (QED) is 0.939. The summed E-state index contributed by atoms with van der Waals surface area (Å²) >= 11 is 0. The Morgan fingerprint density at radius 3 is 2.32 bits per heavy atom. The number of ether oxygens (including phenoxy) is 1. The third kappa shape index (κ3) is 3.54. The first-order valence-electron chi connectivity index (χ1n) is 7.68. The number of aryl methyl sites for hydroxylation is 1. The number of anilines is 3. The van der Waals surface area contributed by atoms with Gasteiger partial charge >= 0.3 is 0 Å². The summed E-state index contributed by atoms with van der Waals surface area (Å²) in [7, 11) is 1.80. The van der Waals surface area contributed by atoms with E-state index >= 15 is 0 Å². The van der Waals surface area contributed by atoms with Crippen LogP contribution in [0.4, 0.5) is 17.3 Å². The molecule has 1 aliphatic rings. The zero-order chi connectivity index (χ0) is 15.4. The highest BCUT2D eigenvalue weighted by Gasteiger charge is 2.18. The summed E-state index contributed by atoms with van der Waals surface area (Å²) in [6.07, 6.45) is 6.21. The second kappa shape index (κ2) is 6.75. The monoisotopic (exact) mass is 298 g/mol. The van der Waals surface area contributed by atoms with Crippen molar-refractivity contribution < 1.29 is 4.74 Å². The number of nitrogens with zero attached hydrogens (tertiary/aromatic N) is 3. The van der Waals surface area contributed by atoms with E-state index in [1.807, 2.05) is 19.3 Å². The predicted octanol–water partition coefficient (Wildman–Crippen LogP) is 3.14. The van der Waals surface area contributed by atoms with Crippen LogP contribution in [-0.2, 0) is 4.74 Å². The highest BCUT2D eigenvalue weighted by Crippen LogP contribution is 2.23. The van der Waals surface area contributed by atoms with Gasteiger partial charge in [-0.05, 0) is 49.6 Å². The summed E-state index contributed by atoms with van der Waals surface area (Å²) in [4.78, 5) is 10.9. The lowest BCUT2D eigenvalue weighted by Crippen LogP contribution is -2.36. The molecule has 2 aromatic rings. The average Bonchev–Trinajstić information content (AvgIpc) is 2.58. The molecule has 0 radical (unpaired) electrons. The molecular formula is C17H22N4O. The van der Waals surface area contributed by atoms with Crippen molar-refractivity contribution in [3.8, 4) is 0 Å². The fraction of sp³-hybridized carbons (Fsp3) is 0.412. The summed E-state index contributed by atoms with van der Waals surface area (Å²) in [5, 5.41) is 3.22. The minimum atomic E-state index is 0.413. The Morgan fingerprint density at radius 2 is 1.73 bits per heavy atom. The van der Waals surface area contributed by atoms with E-state index in [9.17, 15) is 0 Å². The van der Waals surface area contributed by atoms with Gasteiger partial charge in [-0.15, -0.1) is 0 Å². The van der Waals surface area contributed by atoms with Gasteiger partial charge in [0, 0.05) is 44.0 Å². The van der Waals surface area contributed by atoms with E-state index in [0.717, 1.165) is 37.2 Å². The minimum Gasteiger partial charge on any atom is -0.381 e. The highest BCUT2D eigenvalue weighted by molar-refractivity contribution is 5.59. The summed E-state index contributed by atoms with van der Waals surface area (Å²) in [5.41, 5.74) is 3.31. The molecule has 22 heavy (non-hydrogen) atoms. The molecule has 0 saturated carbocycles. The molecular weight excluding hydrogens is 276 g/mol. The first-order valence-corrected chi connectivity index (χ1v) is 7.68. The van der Waals surface area contributed by atoms with Gasteiger partial charge in [0.2, 0.25) is 5.95 Å². The summed E-state index contributed by atoms with van der Waals surface area (Å²) < 4.78 is 5.42. The van der Waals surface area contributed by atoms with Gasteiger partial charge in [0.1, 0.15) is 0 Å². The largest absolute Gasteiger partial charge is 0.381 e. The molecule has 1 saturated heterocycles. The molecule has 1 N–H and O–H groups in total. The maximum Gasteiger partial charge on any atom is 0.227 e. The lowest BCUT2D eigenvalue weighted by molar-refractivity contribution is 0.0819. The summed E-state index contributed by atoms with van der Waals surface area (Å²) in [6.45, 7) is 4.07. The molecule has 1 fully saturated rings. The Morgan fingerprint density at radius 1 is 1.09 bits per heavy atom. The van der Waals surface area contributed by atoms with Gasteiger partial charge in [0.15, 0.2) is 0 Å². The lowest BCUT2D eigenvalue weighted by atomic mass is 10.1. The first-order chi connectivity index (χ1) is 10.7. The number of methoxy groups -OCH3 is 1. The Kier molecular flexibility index (Phi) is 4.53. The highest BCUT2D eigenvalue weighted by atomic mass is 16.5. The number of nitrogens with one attached hydrogen (secondary N) is 1. The smallest absolute Gasteiger partial charge is 0.227 e. The molecule has 0 aliphatic carbocycles. The van der Waals surface area contributed by atoms with E-state index in [-0.39, 0.29) is 0 Å². The van der Waals surface area contributed by atoms with Crippen molar-refractivity contribution in [1.82, 2.24) is 9.97 Å². The zero-order valence-corrected chi connectivity index (χ0v) is 13.1. The third-order valence-corrected chi connectivity index (χ3v) is 4.04. The molecule has 0 bridgehead atoms. The van der Waals surface area contributed by atoms with Crippen LogP contribution in [0.15, 0.2) is 36.7 Å². The SMILES string of the molecule is COC1CCN(c2ccc(Nc3ncc(C)cn3)cc2)CC1. The predicted molar refractivity (Wildman–Crippen MR) is 88.7 cm³/mol. The average molecular weight is 298 g/mol. The number of hydrogen-bond acceptors (Lipinski definition) is 5. The summed E-state index contributed by atoms with van der Waals surface area (Å²) in [6, 6.07) is 8.43. The zero-order valence-electron chi connectivity index (χ0n) is 13.1. The fourth-order valence-corrected chi connectivity index (χ4v) is 2.69. The fourth-order valence-electron chi connectivity index (χ4n) is 2.69. The van der Waals surface area contributed by atoms with Crippen molar-refractivity contribution in [1.29, 1.82) is 0 Å². The standard InChI is InChI=1S/C17H22N4O/c1-13-11-18-17(19-12-13)20-14-3-5-15(6-4-14)21-9-7-16(22-2)8-10-21/h3-6,11-12,16H,7-10H2,1-2H3,(H,18,19,20). The molecule has 1 aromatic carbocycles. The van der Waals surface area contributed by atoms with Crippen molar-refractivity contribution in [2.75, 3.05) is 30.4 Å². The molecule has 0 spiro atoms. The van der Waals surface area contributed by atoms with Crippen LogP contribution in [0.3, 0.4) is 0 Å². The van der Waals surface area contributed by atoms with Crippen LogP contribution in [0.2, 0.25) is 0 Å². The van der Waals surface area contributed by atoms with Gasteiger partial charge in [0.25, 0.3) is 0 Å². The molecule has 2 heterocycles. The van der Waals surface area contributed by atoms with Gasteiger partial charge in [-0.2, -0.15) is 0 Å². The number of rotatable bonds is 4. The van der Waals surface area contributed by atoms with E-state index < -0.39 is 0 Å². The normalized spacial score (nSPS) is 15.8. The molecule has 1 aromatic heterocycles. The number of benzene rings is 1. The van der Waals surface area contributed by atoms with Gasteiger partial charge < -0.3 is 15.0 Å². The molecule has 116 valence electrons. The van der Waals surface area contributed by atoms with Gasteiger partial charge in [0.05, 0.1) is 6.10 Å². The van der Waals surface area contributed by atoms with Crippen LogP contribution in [0.5, 0.6) is 0 Å². The summed E-state index contributed by atoms with van der Waals surface area (Å²) in [5.74, 6) is 0.624. The lowest BCUT2D eigenvalue weighted by Gasteiger charge is -2.33. The molecule has 3 rings (SSSR count). The molecule has 0 unspecified atom stereocenters. The van der Waals surface area contributed by atoms with Crippen LogP contribution in [0.1, 0.15) is 18.4 Å². The van der Waals surface area contributed by atoms with Crippen LogP contribution in [0.25, 0.3) is 0 Å². The van der Waals surface area contributed by atoms with Crippen molar-refractivity contribution in [3.05, 3.63) is 42.2 Å². The van der Waals surface area contributed by atoms with E-state index in [2.05, 4.69) is 44.5 Å². The van der Waals surface area contributed by atoms with E-state index in [1.165, 1.54) is 5.69 Å². The third-order valence-electron chi connectivity index (χ3n) is 4.04. The van der Waals surface area contributed by atoms with E-state index in [1.54, 1.807) is 7.11 Å². The molecule has 0 amide bonds. The van der Waals surface area contributed by atoms with Crippen LogP contribution >= 0.6 is 0 Å². The number of hydrogen-bond donors (Lipinski definition) is 1. The topological polar surface area (TPSA) is 50.3 Å². The molecule has 1 aliphatic heterocycles. The van der Waals surface area contributed by atoms with E-state index in [4.69, 9.17) is 4.74 Å². The second-order valence-corrected chi connectivity index (χ2v) is 5.68. The maximum absolute atomic E-state index is 5.42. The number of aromatic nitrogens is 2. The Labute approximate surface area is 131 Å². The van der Waals surface area contributed by atoms with Crippen molar-refractivity contribution in [2.45, 2.75) is 25.9 Å². The van der Waals surface area contributed by atoms with Crippen molar-refractivity contribution in [3.63, 3.8) is 0 Å². The molecule has 5 heteroatoms. The van der Waals surface area contributed by atoms with Crippen molar-refractivity contribution in [2.24, 2.45) is 0 Å². The Bertz CT molecular complexity index is 589. The first kappa shape index (κ1) is 14.8. The maximum atomic E-state index is 5.42. The minimum absolute atomic E-state index is 0.413. The molecule has 0 atom stereocenters. The number of piperidine rings is 1. The van der Waals surface area contributed by atoms with E-state index in [0.29, 0.717) is 12.1 Å². The Hall–Kier alpha value is -2.14.